The molecule has 1 amide bonds. The molecule has 0 aliphatic rings. The van der Waals surface area contributed by atoms with Crippen molar-refractivity contribution in [3.8, 4) is 0 Å². The molecule has 66 valence electrons. The first-order valence-corrected chi connectivity index (χ1v) is 3.69. The van der Waals surface area contributed by atoms with Crippen molar-refractivity contribution in [2.45, 2.75) is 12.8 Å². The number of hydrogen-bond donors (Lipinski definition) is 3. The Morgan fingerprint density at radius 1 is 1.67 bits per heavy atom. The van der Waals surface area contributed by atoms with Crippen LogP contribution in [0.3, 0.4) is 0 Å². The van der Waals surface area contributed by atoms with Gasteiger partial charge in [0.2, 0.25) is 5.91 Å². The Bertz CT molecular complexity index is 312. The number of aryl methyl sites for hydroxylation is 1. The number of aromatic amines is 2. The first kappa shape index (κ1) is 8.58. The van der Waals surface area contributed by atoms with E-state index in [0.717, 1.165) is 5.69 Å². The van der Waals surface area contributed by atoms with Crippen LogP contribution in [0.1, 0.15) is 12.1 Å². The van der Waals surface area contributed by atoms with Crippen molar-refractivity contribution in [1.29, 1.82) is 0 Å². The molecule has 0 spiro atoms. The molecule has 0 aromatic carbocycles. The third-order valence-electron chi connectivity index (χ3n) is 1.55. The molecular weight excluding hydrogens is 158 g/mol. The quantitative estimate of drug-likeness (QED) is 0.564. The number of rotatable bonds is 3. The van der Waals surface area contributed by atoms with Crippen LogP contribution < -0.4 is 11.0 Å². The fourth-order valence-corrected chi connectivity index (χ4v) is 0.879. The van der Waals surface area contributed by atoms with E-state index in [1.807, 2.05) is 0 Å². The average Bonchev–Trinajstić information content (AvgIpc) is 2.47. The second-order valence-corrected chi connectivity index (χ2v) is 2.44. The van der Waals surface area contributed by atoms with Crippen molar-refractivity contribution in [3.05, 3.63) is 22.4 Å². The summed E-state index contributed by atoms with van der Waals surface area (Å²) in [5, 5.41) is 2.50. The van der Waals surface area contributed by atoms with Gasteiger partial charge in [-0.05, 0) is 6.42 Å². The van der Waals surface area contributed by atoms with Crippen molar-refractivity contribution >= 4 is 5.91 Å². The maximum atomic E-state index is 10.8. The van der Waals surface area contributed by atoms with Crippen LogP contribution in [0.5, 0.6) is 0 Å². The lowest BCUT2D eigenvalue weighted by atomic mass is 10.2. The van der Waals surface area contributed by atoms with Gasteiger partial charge in [-0.25, -0.2) is 4.79 Å². The molecule has 1 rings (SSSR count). The molecule has 1 heterocycles. The van der Waals surface area contributed by atoms with E-state index in [0.29, 0.717) is 12.8 Å². The van der Waals surface area contributed by atoms with Crippen LogP contribution in [-0.2, 0) is 11.2 Å². The van der Waals surface area contributed by atoms with E-state index in [1.165, 1.54) is 0 Å². The van der Waals surface area contributed by atoms with Crippen LogP contribution in [0.2, 0.25) is 0 Å². The molecule has 5 nitrogen and oxygen atoms in total. The lowest BCUT2D eigenvalue weighted by Crippen LogP contribution is -2.18. The minimum Gasteiger partial charge on any atom is -0.359 e. The average molecular weight is 169 g/mol. The summed E-state index contributed by atoms with van der Waals surface area (Å²) in [6.45, 7) is 0. The highest BCUT2D eigenvalue weighted by molar-refractivity contribution is 5.75. The predicted molar refractivity (Wildman–Crippen MR) is 43.8 cm³/mol. The summed E-state index contributed by atoms with van der Waals surface area (Å²) < 4.78 is 0. The summed E-state index contributed by atoms with van der Waals surface area (Å²) in [6.07, 6.45) is 2.52. The highest BCUT2D eigenvalue weighted by Crippen LogP contribution is 1.93. The van der Waals surface area contributed by atoms with Gasteiger partial charge < -0.3 is 15.3 Å². The molecule has 0 radical (unpaired) electrons. The highest BCUT2D eigenvalue weighted by atomic mass is 16.1. The molecular formula is C7H11N3O2. The zero-order chi connectivity index (χ0) is 8.97. The van der Waals surface area contributed by atoms with Gasteiger partial charge in [0.1, 0.15) is 0 Å². The Balaban J connectivity index is 2.43. The Morgan fingerprint density at radius 3 is 2.92 bits per heavy atom. The molecule has 0 unspecified atom stereocenters. The van der Waals surface area contributed by atoms with Gasteiger partial charge in [-0.3, -0.25) is 4.79 Å². The van der Waals surface area contributed by atoms with Gasteiger partial charge >= 0.3 is 5.69 Å². The molecule has 0 bridgehead atoms. The lowest BCUT2D eigenvalue weighted by molar-refractivity contribution is -0.120. The zero-order valence-electron chi connectivity index (χ0n) is 6.81. The molecule has 0 atom stereocenters. The minimum absolute atomic E-state index is 0.0305. The monoisotopic (exact) mass is 169 g/mol. The third kappa shape index (κ3) is 2.26. The number of H-pyrrole nitrogens is 2. The number of imidazole rings is 1. The topological polar surface area (TPSA) is 77.8 Å². The molecule has 5 heteroatoms. The van der Waals surface area contributed by atoms with E-state index in [2.05, 4.69) is 15.3 Å². The predicted octanol–water partition coefficient (Wildman–Crippen LogP) is -0.618. The standard InChI is InChI=1S/C7H11N3O2/c1-8-6(11)3-2-5-4-9-7(12)10-5/h4H,2-3H2,1H3,(H,8,11)(H2,9,10,12). The van der Waals surface area contributed by atoms with Gasteiger partial charge in [0.25, 0.3) is 0 Å². The van der Waals surface area contributed by atoms with Crippen molar-refractivity contribution in [2.24, 2.45) is 0 Å². The molecule has 0 aliphatic carbocycles. The molecule has 3 N–H and O–H groups in total. The van der Waals surface area contributed by atoms with Crippen LogP contribution in [0.25, 0.3) is 0 Å². The van der Waals surface area contributed by atoms with Gasteiger partial charge in [0.15, 0.2) is 0 Å². The minimum atomic E-state index is -0.234. The molecule has 0 fully saturated rings. The molecule has 1 aromatic rings. The Morgan fingerprint density at radius 2 is 2.42 bits per heavy atom. The van der Waals surface area contributed by atoms with Crippen molar-refractivity contribution < 1.29 is 4.79 Å². The fraction of sp³-hybridized carbons (Fsp3) is 0.429. The first-order chi connectivity index (χ1) is 5.72. The molecule has 0 saturated heterocycles. The van der Waals surface area contributed by atoms with Crippen LogP contribution in [0.15, 0.2) is 11.0 Å². The van der Waals surface area contributed by atoms with Crippen molar-refractivity contribution in [1.82, 2.24) is 15.3 Å². The van der Waals surface area contributed by atoms with Gasteiger partial charge in [-0.1, -0.05) is 0 Å². The van der Waals surface area contributed by atoms with Gasteiger partial charge in [-0.2, -0.15) is 0 Å². The Labute approximate surface area is 69.2 Å². The van der Waals surface area contributed by atoms with E-state index in [1.54, 1.807) is 13.2 Å². The van der Waals surface area contributed by atoms with Crippen LogP contribution >= 0.6 is 0 Å². The SMILES string of the molecule is CNC(=O)CCc1c[nH]c(=O)[nH]1. The van der Waals surface area contributed by atoms with Crippen LogP contribution in [0, 0.1) is 0 Å². The summed E-state index contributed by atoms with van der Waals surface area (Å²) in [5.41, 5.74) is 0.519. The lowest BCUT2D eigenvalue weighted by Gasteiger charge is -1.95. The Hall–Kier alpha value is -1.52. The second kappa shape index (κ2) is 3.75. The number of carbonyl (C=O) groups is 1. The van der Waals surface area contributed by atoms with E-state index in [9.17, 15) is 9.59 Å². The molecule has 0 aliphatic heterocycles. The smallest absolute Gasteiger partial charge is 0.323 e. The molecule has 12 heavy (non-hydrogen) atoms. The maximum Gasteiger partial charge on any atom is 0.323 e. The third-order valence-corrected chi connectivity index (χ3v) is 1.55. The summed E-state index contributed by atoms with van der Waals surface area (Å²) in [5.74, 6) is -0.0305. The van der Waals surface area contributed by atoms with E-state index in [-0.39, 0.29) is 11.6 Å². The van der Waals surface area contributed by atoms with Crippen LogP contribution in [-0.4, -0.2) is 22.9 Å². The van der Waals surface area contributed by atoms with Gasteiger partial charge in [0, 0.05) is 25.4 Å². The van der Waals surface area contributed by atoms with Crippen molar-refractivity contribution in [2.75, 3.05) is 7.05 Å². The number of nitrogens with one attached hydrogen (secondary N) is 3. The summed E-state index contributed by atoms with van der Waals surface area (Å²) >= 11 is 0. The van der Waals surface area contributed by atoms with E-state index >= 15 is 0 Å². The number of carbonyl (C=O) groups excluding carboxylic acids is 1. The first-order valence-electron chi connectivity index (χ1n) is 3.69. The van der Waals surface area contributed by atoms with Crippen LogP contribution in [0.4, 0.5) is 0 Å². The van der Waals surface area contributed by atoms with Gasteiger partial charge in [0.05, 0.1) is 0 Å². The molecule has 1 aromatic heterocycles. The summed E-state index contributed by atoms with van der Waals surface area (Å²) in [6, 6.07) is 0. The van der Waals surface area contributed by atoms with Crippen molar-refractivity contribution in [3.63, 3.8) is 0 Å². The maximum absolute atomic E-state index is 10.8. The largest absolute Gasteiger partial charge is 0.359 e. The Kier molecular flexibility index (Phi) is 2.68. The normalized spacial score (nSPS) is 9.75. The fourth-order valence-electron chi connectivity index (χ4n) is 0.879. The highest BCUT2D eigenvalue weighted by Gasteiger charge is 2.00. The zero-order valence-corrected chi connectivity index (χ0v) is 6.81. The molecule has 0 saturated carbocycles. The van der Waals surface area contributed by atoms with E-state index in [4.69, 9.17) is 0 Å². The van der Waals surface area contributed by atoms with E-state index < -0.39 is 0 Å². The summed E-state index contributed by atoms with van der Waals surface area (Å²) in [7, 11) is 1.59. The van der Waals surface area contributed by atoms with Gasteiger partial charge in [-0.15, -0.1) is 0 Å². The second-order valence-electron chi connectivity index (χ2n) is 2.44. The number of amides is 1. The number of hydrogen-bond acceptors (Lipinski definition) is 2. The number of aromatic nitrogens is 2. The summed E-state index contributed by atoms with van der Waals surface area (Å²) in [4.78, 5) is 26.4.